The van der Waals surface area contributed by atoms with Crippen molar-refractivity contribution in [2.24, 2.45) is 18.0 Å². The first kappa shape index (κ1) is 20.1. The lowest BCUT2D eigenvalue weighted by atomic mass is 9.85. The zero-order valence-electron chi connectivity index (χ0n) is 18.0. The van der Waals surface area contributed by atoms with E-state index in [0.29, 0.717) is 5.92 Å². The van der Waals surface area contributed by atoms with Crippen LogP contribution in [0.3, 0.4) is 0 Å². The molecule has 4 nitrogen and oxygen atoms in total. The maximum Gasteiger partial charge on any atom is 0.267 e. The average Bonchev–Trinajstić information content (AvgIpc) is 3.26. The molecule has 158 valence electrons. The van der Waals surface area contributed by atoms with Gasteiger partial charge in [-0.25, -0.2) is 4.99 Å². The topological polar surface area (TPSA) is 37.6 Å². The van der Waals surface area contributed by atoms with Crippen molar-refractivity contribution in [2.45, 2.75) is 38.6 Å². The molecule has 1 saturated carbocycles. The fourth-order valence-corrected chi connectivity index (χ4v) is 5.82. The number of thioether (sulfide) groups is 1. The lowest BCUT2D eigenvalue weighted by Gasteiger charge is -2.35. The molecule has 31 heavy (non-hydrogen) atoms. The zero-order valence-corrected chi connectivity index (χ0v) is 18.8. The van der Waals surface area contributed by atoms with Gasteiger partial charge in [0.1, 0.15) is 0 Å². The van der Waals surface area contributed by atoms with E-state index in [9.17, 15) is 4.79 Å². The van der Waals surface area contributed by atoms with Crippen molar-refractivity contribution in [1.29, 1.82) is 0 Å². The molecule has 1 aromatic heterocycles. The molecule has 0 N–H and O–H groups in total. The van der Waals surface area contributed by atoms with Crippen molar-refractivity contribution in [3.05, 3.63) is 71.3 Å². The van der Waals surface area contributed by atoms with Crippen LogP contribution in [0.5, 0.6) is 0 Å². The molecule has 0 radical (unpaired) electrons. The Balaban J connectivity index is 1.57. The Hall–Kier alpha value is -2.79. The second-order valence-corrected chi connectivity index (χ2v) is 9.57. The highest BCUT2D eigenvalue weighted by atomic mass is 32.2. The Morgan fingerprint density at radius 3 is 2.58 bits per heavy atom. The lowest BCUT2D eigenvalue weighted by Crippen LogP contribution is -2.44. The Labute approximate surface area is 187 Å². The van der Waals surface area contributed by atoms with Gasteiger partial charge in [0, 0.05) is 35.8 Å². The number of rotatable bonds is 3. The summed E-state index contributed by atoms with van der Waals surface area (Å²) in [5.41, 5.74) is 3.13. The Kier molecular flexibility index (Phi) is 5.45. The maximum absolute atomic E-state index is 13.6. The van der Waals surface area contributed by atoms with Gasteiger partial charge in [-0.1, -0.05) is 56.2 Å². The summed E-state index contributed by atoms with van der Waals surface area (Å²) < 4.78 is 2.12. The number of nitrogens with zero attached hydrogens (tertiary/aromatic N) is 3. The van der Waals surface area contributed by atoms with Gasteiger partial charge in [-0.15, -0.1) is 0 Å². The molecule has 1 aliphatic carbocycles. The fourth-order valence-electron chi connectivity index (χ4n) is 4.78. The first-order valence-corrected chi connectivity index (χ1v) is 11.8. The third kappa shape index (κ3) is 3.83. The maximum atomic E-state index is 13.6. The Morgan fingerprint density at radius 2 is 1.77 bits per heavy atom. The van der Waals surface area contributed by atoms with Crippen LogP contribution in [0.1, 0.15) is 38.2 Å². The van der Waals surface area contributed by atoms with E-state index in [1.54, 1.807) is 0 Å². The average molecular weight is 430 g/mol. The summed E-state index contributed by atoms with van der Waals surface area (Å²) in [6, 6.07) is 18.5. The van der Waals surface area contributed by atoms with Crippen molar-refractivity contribution >= 4 is 45.5 Å². The number of hydrogen-bond acceptors (Lipinski definition) is 3. The SMILES string of the molecule is C[C@H]1CCCC[C@H]1N1C(=O)/C(=C/c2cn(C)c3ccccc23)SC1=Nc1ccccc1. The number of carbonyl (C=O) groups is 1. The summed E-state index contributed by atoms with van der Waals surface area (Å²) in [6.07, 6.45) is 8.78. The second kappa shape index (κ2) is 8.39. The minimum absolute atomic E-state index is 0.0892. The molecule has 2 aromatic carbocycles. The first-order valence-electron chi connectivity index (χ1n) is 11.0. The summed E-state index contributed by atoms with van der Waals surface area (Å²) in [7, 11) is 2.05. The van der Waals surface area contributed by atoms with Gasteiger partial charge in [0.2, 0.25) is 0 Å². The van der Waals surface area contributed by atoms with Crippen LogP contribution in [0.4, 0.5) is 5.69 Å². The molecule has 1 aliphatic heterocycles. The van der Waals surface area contributed by atoms with E-state index in [-0.39, 0.29) is 11.9 Å². The third-order valence-electron chi connectivity index (χ3n) is 6.43. The number of fused-ring (bicyclic) bond motifs is 1. The smallest absolute Gasteiger partial charge is 0.267 e. The molecule has 5 rings (SSSR count). The normalized spacial score (nSPS) is 24.6. The number of para-hydroxylation sites is 2. The lowest BCUT2D eigenvalue weighted by molar-refractivity contribution is -0.124. The molecule has 2 aliphatic rings. The third-order valence-corrected chi connectivity index (χ3v) is 7.41. The molecule has 1 saturated heterocycles. The summed E-state index contributed by atoms with van der Waals surface area (Å²) in [5, 5.41) is 1.97. The number of benzene rings is 2. The predicted octanol–water partition coefficient (Wildman–Crippen LogP) is 6.36. The van der Waals surface area contributed by atoms with Crippen molar-refractivity contribution in [3.63, 3.8) is 0 Å². The van der Waals surface area contributed by atoms with Crippen LogP contribution in [-0.4, -0.2) is 26.6 Å². The molecule has 0 bridgehead atoms. The van der Waals surface area contributed by atoms with Gasteiger partial charge in [0.25, 0.3) is 5.91 Å². The highest BCUT2D eigenvalue weighted by molar-refractivity contribution is 8.18. The van der Waals surface area contributed by atoms with Crippen LogP contribution in [0, 0.1) is 5.92 Å². The van der Waals surface area contributed by atoms with E-state index in [2.05, 4.69) is 29.8 Å². The minimum Gasteiger partial charge on any atom is -0.350 e. The van der Waals surface area contributed by atoms with Gasteiger partial charge >= 0.3 is 0 Å². The minimum atomic E-state index is 0.0892. The van der Waals surface area contributed by atoms with Crippen molar-refractivity contribution in [2.75, 3.05) is 0 Å². The zero-order chi connectivity index (χ0) is 21.4. The van der Waals surface area contributed by atoms with Crippen LogP contribution in [0.15, 0.2) is 70.7 Å². The Bertz CT molecular complexity index is 1180. The standard InChI is InChI=1S/C26H27N3OS/c1-18-10-6-8-14-22(18)29-25(30)24(31-26(29)27-20-11-4-3-5-12-20)16-19-17-28(2)23-15-9-7-13-21(19)23/h3-5,7,9,11-13,15-18,22H,6,8,10,14H2,1-2H3/b24-16-,27-26?/t18-,22+/m0/s1. The Morgan fingerprint density at radius 1 is 1.03 bits per heavy atom. The van der Waals surface area contributed by atoms with E-state index in [0.717, 1.165) is 33.1 Å². The molecule has 2 fully saturated rings. The fraction of sp³-hybridized carbons (Fsp3) is 0.308. The molecular weight excluding hydrogens is 402 g/mol. The van der Waals surface area contributed by atoms with E-state index in [1.807, 2.05) is 60.5 Å². The van der Waals surface area contributed by atoms with Gasteiger partial charge in [-0.3, -0.25) is 9.69 Å². The van der Waals surface area contributed by atoms with E-state index >= 15 is 0 Å². The van der Waals surface area contributed by atoms with Crippen molar-refractivity contribution < 1.29 is 4.79 Å². The van der Waals surface area contributed by atoms with Crippen molar-refractivity contribution in [1.82, 2.24) is 9.47 Å². The number of hydrogen-bond donors (Lipinski definition) is 0. The second-order valence-electron chi connectivity index (χ2n) is 8.56. The van der Waals surface area contributed by atoms with Gasteiger partial charge in [0.05, 0.1) is 10.6 Å². The van der Waals surface area contributed by atoms with E-state index in [1.165, 1.54) is 36.5 Å². The number of amidine groups is 1. The van der Waals surface area contributed by atoms with Crippen LogP contribution in [0.2, 0.25) is 0 Å². The number of amides is 1. The summed E-state index contributed by atoms with van der Waals surface area (Å²) >= 11 is 1.51. The van der Waals surface area contributed by atoms with Gasteiger partial charge in [-0.2, -0.15) is 0 Å². The van der Waals surface area contributed by atoms with Crippen LogP contribution in [0.25, 0.3) is 17.0 Å². The molecule has 1 amide bonds. The van der Waals surface area contributed by atoms with Crippen LogP contribution >= 0.6 is 11.8 Å². The summed E-state index contributed by atoms with van der Waals surface area (Å²) in [4.78, 5) is 21.3. The summed E-state index contributed by atoms with van der Waals surface area (Å²) in [6.45, 7) is 2.27. The largest absolute Gasteiger partial charge is 0.350 e. The number of aliphatic imine (C=N–C) groups is 1. The highest BCUT2D eigenvalue weighted by Crippen LogP contribution is 2.40. The molecule has 3 aromatic rings. The number of aryl methyl sites for hydroxylation is 1. The predicted molar refractivity (Wildman–Crippen MR) is 130 cm³/mol. The van der Waals surface area contributed by atoms with Crippen molar-refractivity contribution in [3.8, 4) is 0 Å². The van der Waals surface area contributed by atoms with Gasteiger partial charge in [0.15, 0.2) is 5.17 Å². The number of carbonyl (C=O) groups excluding carboxylic acids is 1. The molecule has 2 heterocycles. The first-order chi connectivity index (χ1) is 15.1. The molecule has 0 unspecified atom stereocenters. The monoisotopic (exact) mass is 429 g/mol. The molecule has 0 spiro atoms. The quantitative estimate of drug-likeness (QED) is 0.454. The molecule has 5 heteroatoms. The molecule has 2 atom stereocenters. The number of aromatic nitrogens is 1. The van der Waals surface area contributed by atoms with Gasteiger partial charge < -0.3 is 4.57 Å². The van der Waals surface area contributed by atoms with Crippen LogP contribution in [-0.2, 0) is 11.8 Å². The van der Waals surface area contributed by atoms with E-state index in [4.69, 9.17) is 4.99 Å². The van der Waals surface area contributed by atoms with Crippen LogP contribution < -0.4 is 0 Å². The van der Waals surface area contributed by atoms with Gasteiger partial charge in [-0.05, 0) is 54.8 Å². The highest BCUT2D eigenvalue weighted by Gasteiger charge is 2.41. The van der Waals surface area contributed by atoms with E-state index < -0.39 is 0 Å². The molecular formula is C26H27N3OS. The summed E-state index contributed by atoms with van der Waals surface area (Å²) in [5.74, 6) is 0.572.